The number of carbonyl (C=O) groups is 2. The van der Waals surface area contributed by atoms with Crippen molar-refractivity contribution in [3.63, 3.8) is 0 Å². The minimum absolute atomic E-state index is 0.00671. The first-order chi connectivity index (χ1) is 14.5. The molecule has 0 aromatic heterocycles. The first-order valence-corrected chi connectivity index (χ1v) is 10.1. The van der Waals surface area contributed by atoms with Gasteiger partial charge in [0.25, 0.3) is 5.91 Å². The van der Waals surface area contributed by atoms with Crippen LogP contribution in [0.2, 0.25) is 0 Å². The summed E-state index contributed by atoms with van der Waals surface area (Å²) in [5.41, 5.74) is 4.84. The largest absolute Gasteiger partial charge is 0.493 e. The van der Waals surface area contributed by atoms with E-state index in [-0.39, 0.29) is 17.8 Å². The molecule has 7 heteroatoms. The standard InChI is InChI=1S/C23H27N3O4/c1-4-26(5-2)19-11-9-17(10-12-19)22(27)25-24-15-16-6-13-20(21(14-16)29-3)30-23(28)18-7-8-18/h6,9-15,18H,4-5,7-8H2,1-3H3,(H,25,27)/b24-15-. The number of hydrazone groups is 1. The molecule has 2 aromatic rings. The van der Waals surface area contributed by atoms with Gasteiger partial charge in [-0.3, -0.25) is 9.59 Å². The quantitative estimate of drug-likeness (QED) is 0.296. The fraction of sp³-hybridized carbons (Fsp3) is 0.348. The second-order valence-corrected chi connectivity index (χ2v) is 7.02. The second-order valence-electron chi connectivity index (χ2n) is 7.02. The smallest absolute Gasteiger partial charge is 0.314 e. The lowest BCUT2D eigenvalue weighted by Gasteiger charge is -2.20. The van der Waals surface area contributed by atoms with Gasteiger partial charge in [0.2, 0.25) is 0 Å². The monoisotopic (exact) mass is 409 g/mol. The number of rotatable bonds is 9. The Morgan fingerprint density at radius 2 is 1.80 bits per heavy atom. The number of anilines is 1. The lowest BCUT2D eigenvalue weighted by atomic mass is 10.2. The molecule has 0 bridgehead atoms. The molecule has 1 N–H and O–H groups in total. The molecule has 1 amide bonds. The van der Waals surface area contributed by atoms with E-state index in [9.17, 15) is 9.59 Å². The molecule has 7 nitrogen and oxygen atoms in total. The summed E-state index contributed by atoms with van der Waals surface area (Å²) in [5, 5.41) is 4.01. The highest BCUT2D eigenvalue weighted by atomic mass is 16.6. The fourth-order valence-corrected chi connectivity index (χ4v) is 3.00. The number of ether oxygens (including phenoxy) is 2. The van der Waals surface area contributed by atoms with E-state index in [1.165, 1.54) is 13.3 Å². The van der Waals surface area contributed by atoms with Gasteiger partial charge in [0.1, 0.15) is 0 Å². The van der Waals surface area contributed by atoms with Crippen LogP contribution < -0.4 is 19.8 Å². The Morgan fingerprint density at radius 1 is 1.10 bits per heavy atom. The van der Waals surface area contributed by atoms with Gasteiger partial charge in [-0.25, -0.2) is 5.43 Å². The minimum Gasteiger partial charge on any atom is -0.493 e. The van der Waals surface area contributed by atoms with Crippen molar-refractivity contribution in [2.24, 2.45) is 11.0 Å². The van der Waals surface area contributed by atoms with Gasteiger partial charge in [-0.2, -0.15) is 5.10 Å². The van der Waals surface area contributed by atoms with Crippen molar-refractivity contribution >= 4 is 23.8 Å². The summed E-state index contributed by atoms with van der Waals surface area (Å²) in [6, 6.07) is 12.5. The summed E-state index contributed by atoms with van der Waals surface area (Å²) in [6.07, 6.45) is 3.27. The number of hydrogen-bond acceptors (Lipinski definition) is 6. The average molecular weight is 409 g/mol. The third kappa shape index (κ3) is 5.37. The molecule has 0 unspecified atom stereocenters. The summed E-state index contributed by atoms with van der Waals surface area (Å²) in [6.45, 7) is 6.01. The van der Waals surface area contributed by atoms with E-state index in [2.05, 4.69) is 29.3 Å². The normalized spacial score (nSPS) is 13.2. The fourth-order valence-electron chi connectivity index (χ4n) is 3.00. The van der Waals surface area contributed by atoms with Crippen LogP contribution >= 0.6 is 0 Å². The Balaban J connectivity index is 1.60. The summed E-state index contributed by atoms with van der Waals surface area (Å²) >= 11 is 0. The average Bonchev–Trinajstić information content (AvgIpc) is 3.61. The Morgan fingerprint density at radius 3 is 2.40 bits per heavy atom. The highest BCUT2D eigenvalue weighted by Crippen LogP contribution is 2.34. The van der Waals surface area contributed by atoms with Crippen molar-refractivity contribution < 1.29 is 19.1 Å². The van der Waals surface area contributed by atoms with Crippen LogP contribution in [0.1, 0.15) is 42.6 Å². The molecule has 1 aliphatic rings. The van der Waals surface area contributed by atoms with E-state index in [1.807, 2.05) is 12.1 Å². The van der Waals surface area contributed by atoms with E-state index < -0.39 is 0 Å². The van der Waals surface area contributed by atoms with Crippen LogP contribution in [0.4, 0.5) is 5.69 Å². The van der Waals surface area contributed by atoms with Crippen LogP contribution in [0.25, 0.3) is 0 Å². The SMILES string of the molecule is CCN(CC)c1ccc(C(=O)N/N=C\c2ccc(OC(=O)C3CC3)c(OC)c2)cc1. The maximum absolute atomic E-state index is 12.3. The van der Waals surface area contributed by atoms with Crippen LogP contribution in [-0.2, 0) is 4.79 Å². The Bertz CT molecular complexity index is 917. The first-order valence-electron chi connectivity index (χ1n) is 10.1. The van der Waals surface area contributed by atoms with Gasteiger partial charge in [-0.05, 0) is 74.7 Å². The van der Waals surface area contributed by atoms with E-state index in [0.29, 0.717) is 22.6 Å². The lowest BCUT2D eigenvalue weighted by Crippen LogP contribution is -2.22. The number of benzene rings is 2. The molecule has 0 saturated heterocycles. The molecule has 0 aliphatic heterocycles. The van der Waals surface area contributed by atoms with Crippen LogP contribution in [0.15, 0.2) is 47.6 Å². The molecule has 0 radical (unpaired) electrons. The van der Waals surface area contributed by atoms with Crippen molar-refractivity contribution in [3.8, 4) is 11.5 Å². The second kappa shape index (κ2) is 9.91. The van der Waals surface area contributed by atoms with Gasteiger partial charge in [0, 0.05) is 24.3 Å². The summed E-state index contributed by atoms with van der Waals surface area (Å²) in [5.74, 6) is 0.302. The number of methoxy groups -OCH3 is 1. The predicted octanol–water partition coefficient (Wildman–Crippen LogP) is 3.62. The van der Waals surface area contributed by atoms with E-state index in [0.717, 1.165) is 31.6 Å². The molecule has 0 heterocycles. The van der Waals surface area contributed by atoms with Crippen LogP contribution in [-0.4, -0.2) is 38.3 Å². The van der Waals surface area contributed by atoms with Gasteiger partial charge < -0.3 is 14.4 Å². The Hall–Kier alpha value is -3.35. The molecule has 1 saturated carbocycles. The summed E-state index contributed by atoms with van der Waals surface area (Å²) in [4.78, 5) is 26.4. The zero-order valence-electron chi connectivity index (χ0n) is 17.6. The van der Waals surface area contributed by atoms with E-state index in [1.54, 1.807) is 30.3 Å². The van der Waals surface area contributed by atoms with Gasteiger partial charge in [0.15, 0.2) is 11.5 Å². The number of esters is 1. The molecule has 30 heavy (non-hydrogen) atoms. The first kappa shape index (κ1) is 21.4. The number of hydrogen-bond donors (Lipinski definition) is 1. The van der Waals surface area contributed by atoms with Gasteiger partial charge in [-0.15, -0.1) is 0 Å². The van der Waals surface area contributed by atoms with Gasteiger partial charge in [0.05, 0.1) is 19.2 Å². The summed E-state index contributed by atoms with van der Waals surface area (Å²) < 4.78 is 10.7. The lowest BCUT2D eigenvalue weighted by molar-refractivity contribution is -0.135. The Labute approximate surface area is 176 Å². The predicted molar refractivity (Wildman–Crippen MR) is 116 cm³/mol. The number of nitrogens with zero attached hydrogens (tertiary/aromatic N) is 2. The third-order valence-corrected chi connectivity index (χ3v) is 4.95. The van der Waals surface area contributed by atoms with Crippen molar-refractivity contribution in [2.75, 3.05) is 25.1 Å². The van der Waals surface area contributed by atoms with Crippen molar-refractivity contribution in [1.29, 1.82) is 0 Å². The molecule has 158 valence electrons. The van der Waals surface area contributed by atoms with Gasteiger partial charge in [-0.1, -0.05) is 0 Å². The number of nitrogens with one attached hydrogen (secondary N) is 1. The maximum Gasteiger partial charge on any atom is 0.314 e. The molecule has 0 spiro atoms. The zero-order chi connectivity index (χ0) is 21.5. The molecule has 2 aromatic carbocycles. The molecule has 3 rings (SSSR count). The highest BCUT2D eigenvalue weighted by molar-refractivity contribution is 5.95. The van der Waals surface area contributed by atoms with Gasteiger partial charge >= 0.3 is 5.97 Å². The summed E-state index contributed by atoms with van der Waals surface area (Å²) in [7, 11) is 1.51. The molecule has 0 atom stereocenters. The third-order valence-electron chi connectivity index (χ3n) is 4.95. The minimum atomic E-state index is -0.292. The van der Waals surface area contributed by atoms with Crippen LogP contribution in [0.5, 0.6) is 11.5 Å². The molecular weight excluding hydrogens is 382 g/mol. The molecule has 1 fully saturated rings. The van der Waals surface area contributed by atoms with Crippen LogP contribution in [0, 0.1) is 5.92 Å². The number of carbonyl (C=O) groups excluding carboxylic acids is 2. The van der Waals surface area contributed by atoms with Crippen LogP contribution in [0.3, 0.4) is 0 Å². The topological polar surface area (TPSA) is 80.2 Å². The van der Waals surface area contributed by atoms with Crippen molar-refractivity contribution in [1.82, 2.24) is 5.43 Å². The molecule has 1 aliphatic carbocycles. The van der Waals surface area contributed by atoms with E-state index in [4.69, 9.17) is 9.47 Å². The number of amides is 1. The molecular formula is C23H27N3O4. The van der Waals surface area contributed by atoms with Crippen molar-refractivity contribution in [2.45, 2.75) is 26.7 Å². The van der Waals surface area contributed by atoms with E-state index >= 15 is 0 Å². The highest BCUT2D eigenvalue weighted by Gasteiger charge is 2.32. The van der Waals surface area contributed by atoms with Crippen molar-refractivity contribution in [3.05, 3.63) is 53.6 Å². The maximum atomic E-state index is 12.3. The Kier molecular flexibility index (Phi) is 7.06. The zero-order valence-corrected chi connectivity index (χ0v) is 17.6.